The lowest BCUT2D eigenvalue weighted by Gasteiger charge is -2.31. The number of carbonyl (C=O) groups is 2. The summed E-state index contributed by atoms with van der Waals surface area (Å²) < 4.78 is 42.4. The first kappa shape index (κ1) is 20.4. The van der Waals surface area contributed by atoms with Gasteiger partial charge in [-0.1, -0.05) is 57.0 Å². The Hall–Kier alpha value is -2.38. The maximum Gasteiger partial charge on any atom is 0.442 e. The van der Waals surface area contributed by atoms with E-state index in [0.29, 0.717) is 18.4 Å². The predicted molar refractivity (Wildman–Crippen MR) is 98.5 cm³/mol. The highest BCUT2D eigenvalue weighted by molar-refractivity contribution is 6.16. The molecule has 1 unspecified atom stereocenters. The van der Waals surface area contributed by atoms with Crippen LogP contribution in [0.1, 0.15) is 51.5 Å². The summed E-state index contributed by atoms with van der Waals surface area (Å²) in [4.78, 5) is 30.4. The molecule has 1 aliphatic carbocycles. The average molecular weight is 395 g/mol. The van der Waals surface area contributed by atoms with Crippen LogP contribution in [0.2, 0.25) is 0 Å². The van der Waals surface area contributed by atoms with Crippen molar-refractivity contribution in [2.45, 2.75) is 63.8 Å². The van der Waals surface area contributed by atoms with Crippen LogP contribution in [-0.4, -0.2) is 40.4 Å². The summed E-state index contributed by atoms with van der Waals surface area (Å²) in [5.41, 5.74) is -2.85. The fourth-order valence-corrected chi connectivity index (χ4v) is 3.78. The Morgan fingerprint density at radius 3 is 2.39 bits per heavy atom. The zero-order valence-electron chi connectivity index (χ0n) is 15.9. The van der Waals surface area contributed by atoms with Gasteiger partial charge in [-0.15, -0.1) is 0 Å². The van der Waals surface area contributed by atoms with Gasteiger partial charge in [0.05, 0.1) is 0 Å². The van der Waals surface area contributed by atoms with E-state index in [1.807, 2.05) is 5.32 Å². The molecule has 0 spiro atoms. The van der Waals surface area contributed by atoms with E-state index in [4.69, 9.17) is 0 Å². The first-order chi connectivity index (χ1) is 13.2. The molecule has 3 rings (SSSR count). The zero-order chi connectivity index (χ0) is 20.5. The Morgan fingerprint density at radius 2 is 1.86 bits per heavy atom. The van der Waals surface area contributed by atoms with Crippen LogP contribution < -0.4 is 5.32 Å². The third-order valence-electron chi connectivity index (χ3n) is 5.08. The lowest BCUT2D eigenvalue weighted by atomic mass is 10.1. The lowest BCUT2D eigenvalue weighted by molar-refractivity contribution is -0.200. The number of rotatable bonds is 5. The minimum absolute atomic E-state index is 0.0281. The quantitative estimate of drug-likeness (QED) is 0.828. The Balaban J connectivity index is 2.09. The highest BCUT2D eigenvalue weighted by Gasteiger charge is 2.67. The Labute approximate surface area is 162 Å². The molecule has 1 saturated carbocycles. The summed E-state index contributed by atoms with van der Waals surface area (Å²) in [6.45, 7) is 3.44. The van der Waals surface area contributed by atoms with Gasteiger partial charge in [0.2, 0.25) is 5.91 Å². The maximum absolute atomic E-state index is 14.1. The number of hydrogen-bond donors (Lipinski definition) is 1. The number of hydrogen-bond acceptors (Lipinski definition) is 3. The smallest absolute Gasteiger partial charge is 0.316 e. The minimum atomic E-state index is -5.05. The molecule has 0 bridgehead atoms. The highest BCUT2D eigenvalue weighted by atomic mass is 19.4. The molecule has 1 fully saturated rings. The van der Waals surface area contributed by atoms with E-state index in [9.17, 15) is 22.8 Å². The number of amides is 2. The van der Waals surface area contributed by atoms with E-state index in [1.165, 1.54) is 0 Å². The van der Waals surface area contributed by atoms with Crippen molar-refractivity contribution in [2.75, 3.05) is 0 Å². The van der Waals surface area contributed by atoms with Crippen LogP contribution in [0.4, 0.5) is 13.2 Å². The van der Waals surface area contributed by atoms with E-state index in [0.717, 1.165) is 17.7 Å². The second-order valence-corrected chi connectivity index (χ2v) is 7.77. The summed E-state index contributed by atoms with van der Waals surface area (Å²) in [5.74, 6) is -2.24. The summed E-state index contributed by atoms with van der Waals surface area (Å²) in [7, 11) is 0. The monoisotopic (exact) mass is 395 g/mol. The van der Waals surface area contributed by atoms with Gasteiger partial charge >= 0.3 is 11.8 Å². The predicted octanol–water partition coefficient (Wildman–Crippen LogP) is 3.64. The molecular weight excluding hydrogens is 371 g/mol. The SMILES string of the molecule is CC(C)CC(=O)NC1(C(F)(F)F)N=C(c2ccccc2)N(C2CCCC2)C1=O. The molecule has 8 heteroatoms. The van der Waals surface area contributed by atoms with Crippen molar-refractivity contribution in [2.24, 2.45) is 10.9 Å². The topological polar surface area (TPSA) is 61.8 Å². The molecule has 5 nitrogen and oxygen atoms in total. The average Bonchev–Trinajstić information content (AvgIpc) is 3.22. The van der Waals surface area contributed by atoms with E-state index >= 15 is 0 Å². The Bertz CT molecular complexity index is 771. The molecular formula is C20H24F3N3O2. The molecule has 0 aromatic heterocycles. The van der Waals surface area contributed by atoms with Gasteiger partial charge in [-0.3, -0.25) is 14.5 Å². The second-order valence-electron chi connectivity index (χ2n) is 7.77. The van der Waals surface area contributed by atoms with Crippen molar-refractivity contribution in [3.8, 4) is 0 Å². The zero-order valence-corrected chi connectivity index (χ0v) is 15.9. The van der Waals surface area contributed by atoms with E-state index < -0.39 is 23.7 Å². The van der Waals surface area contributed by atoms with Crippen LogP contribution in [0.5, 0.6) is 0 Å². The van der Waals surface area contributed by atoms with Crippen molar-refractivity contribution < 1.29 is 22.8 Å². The molecule has 28 heavy (non-hydrogen) atoms. The largest absolute Gasteiger partial charge is 0.442 e. The normalized spacial score (nSPS) is 23.4. The van der Waals surface area contributed by atoms with Crippen LogP contribution in [0.15, 0.2) is 35.3 Å². The number of nitrogens with one attached hydrogen (secondary N) is 1. The molecule has 0 saturated heterocycles. The van der Waals surface area contributed by atoms with Crippen LogP contribution in [0.25, 0.3) is 0 Å². The van der Waals surface area contributed by atoms with Crippen LogP contribution in [-0.2, 0) is 9.59 Å². The van der Waals surface area contributed by atoms with Gasteiger partial charge in [0.25, 0.3) is 5.91 Å². The summed E-state index contributed by atoms with van der Waals surface area (Å²) in [5, 5.41) is 1.92. The van der Waals surface area contributed by atoms with Crippen molar-refractivity contribution >= 4 is 17.6 Å². The number of amidine groups is 1. The van der Waals surface area contributed by atoms with Gasteiger partial charge in [0, 0.05) is 18.0 Å². The van der Waals surface area contributed by atoms with Gasteiger partial charge < -0.3 is 5.32 Å². The first-order valence-electron chi connectivity index (χ1n) is 9.52. The number of benzene rings is 1. The van der Waals surface area contributed by atoms with E-state index in [2.05, 4.69) is 4.99 Å². The third kappa shape index (κ3) is 3.64. The van der Waals surface area contributed by atoms with Crippen LogP contribution in [0, 0.1) is 5.92 Å². The van der Waals surface area contributed by atoms with E-state index in [-0.39, 0.29) is 24.2 Å². The molecule has 1 heterocycles. The van der Waals surface area contributed by atoms with Gasteiger partial charge in [0.15, 0.2) is 0 Å². The third-order valence-corrected chi connectivity index (χ3v) is 5.08. The van der Waals surface area contributed by atoms with Gasteiger partial charge in [-0.25, -0.2) is 4.99 Å². The fraction of sp³-hybridized carbons (Fsp3) is 0.550. The molecule has 0 radical (unpaired) electrons. The molecule has 152 valence electrons. The fourth-order valence-electron chi connectivity index (χ4n) is 3.78. The standard InChI is InChI=1S/C20H24F3N3O2/c1-13(2)12-16(27)24-19(20(21,22)23)18(28)26(15-10-6-7-11-15)17(25-19)14-8-4-3-5-9-14/h3-5,8-9,13,15H,6-7,10-12H2,1-2H3,(H,24,27). The second kappa shape index (κ2) is 7.56. The number of halogens is 3. The number of carbonyl (C=O) groups excluding carboxylic acids is 2. The molecule has 1 aliphatic heterocycles. The Kier molecular flexibility index (Phi) is 5.50. The molecule has 1 aromatic carbocycles. The molecule has 2 amide bonds. The van der Waals surface area contributed by atoms with E-state index in [1.54, 1.807) is 44.2 Å². The molecule has 2 aliphatic rings. The number of nitrogens with zero attached hydrogens (tertiary/aromatic N) is 2. The Morgan fingerprint density at radius 1 is 1.25 bits per heavy atom. The number of aliphatic imine (C=N–C) groups is 1. The van der Waals surface area contributed by atoms with Crippen molar-refractivity contribution in [3.63, 3.8) is 0 Å². The minimum Gasteiger partial charge on any atom is -0.316 e. The first-order valence-corrected chi connectivity index (χ1v) is 9.52. The highest BCUT2D eigenvalue weighted by Crippen LogP contribution is 2.41. The maximum atomic E-state index is 14.1. The van der Waals surface area contributed by atoms with Crippen molar-refractivity contribution in [3.05, 3.63) is 35.9 Å². The molecule has 1 N–H and O–H groups in total. The van der Waals surface area contributed by atoms with Crippen molar-refractivity contribution in [1.29, 1.82) is 0 Å². The van der Waals surface area contributed by atoms with Crippen LogP contribution in [0.3, 0.4) is 0 Å². The molecule has 1 aromatic rings. The van der Waals surface area contributed by atoms with Crippen LogP contribution >= 0.6 is 0 Å². The summed E-state index contributed by atoms with van der Waals surface area (Å²) in [6.07, 6.45) is -2.25. The van der Waals surface area contributed by atoms with Gasteiger partial charge in [0.1, 0.15) is 5.84 Å². The van der Waals surface area contributed by atoms with Gasteiger partial charge in [-0.05, 0) is 18.8 Å². The van der Waals surface area contributed by atoms with Gasteiger partial charge in [-0.2, -0.15) is 13.2 Å². The molecule has 1 atom stereocenters. The summed E-state index contributed by atoms with van der Waals surface area (Å²) >= 11 is 0. The van der Waals surface area contributed by atoms with Crippen molar-refractivity contribution in [1.82, 2.24) is 10.2 Å². The summed E-state index contributed by atoms with van der Waals surface area (Å²) in [6, 6.07) is 7.99. The lowest BCUT2D eigenvalue weighted by Crippen LogP contribution is -2.64. The number of alkyl halides is 3.